The van der Waals surface area contributed by atoms with Gasteiger partial charge >= 0.3 is 7.82 Å². The number of aliphatic hydroxyl groups excluding tert-OH is 1. The van der Waals surface area contributed by atoms with E-state index in [9.17, 15) is 19.4 Å². The molecule has 354 valence electrons. The topological polar surface area (TPSA) is 105 Å². The highest BCUT2D eigenvalue weighted by atomic mass is 31.2. The third kappa shape index (κ3) is 45.2. The second-order valence-corrected chi connectivity index (χ2v) is 18.6. The van der Waals surface area contributed by atoms with Gasteiger partial charge < -0.3 is 19.8 Å². The van der Waals surface area contributed by atoms with E-state index in [1.54, 1.807) is 0 Å². The number of phosphoric acid groups is 1. The van der Waals surface area contributed by atoms with E-state index in [2.05, 4.69) is 129 Å². The van der Waals surface area contributed by atoms with Crippen molar-refractivity contribution in [1.82, 2.24) is 5.32 Å². The lowest BCUT2D eigenvalue weighted by Crippen LogP contribution is -2.46. The Morgan fingerprint density at radius 2 is 0.968 bits per heavy atom. The number of likely N-dealkylation sites (N-methyl/N-ethyl adjacent to an activating group) is 1. The number of nitrogens with one attached hydrogen (secondary N) is 1. The van der Waals surface area contributed by atoms with Crippen molar-refractivity contribution < 1.29 is 32.9 Å². The molecule has 0 aromatic rings. The summed E-state index contributed by atoms with van der Waals surface area (Å²) < 4.78 is 23.4. The third-order valence-corrected chi connectivity index (χ3v) is 11.0. The predicted molar refractivity (Wildman–Crippen MR) is 267 cm³/mol. The maximum atomic E-state index is 12.8. The standard InChI is InChI=1S/C53H91N2O6P/c1-6-8-10-12-13-14-15-16-17-18-19-20-21-22-23-24-25-26-27-28-29-30-31-32-33-34-35-36-37-38-39-40-41-43-45-47-53(57)54-51(52(56)46-44-42-11-9-7-2)50-61-62(58,59)60-49-48-55(3,4)5/h8,10,13-14,16-17,19-20,22-23,25-26,28-29,31-32,34-35,51-52,56H,6-7,9,11-12,15,18,21,24,27,30,33,36-50H2,1-5H3,(H-,54,57,58,59)/p+1/b10-8-,14-13-,17-16-,20-19-,23-22-,26-25-,29-28-,32-31-,35-34-. The van der Waals surface area contributed by atoms with E-state index in [1.807, 2.05) is 21.1 Å². The molecule has 1 amide bonds. The largest absolute Gasteiger partial charge is 0.472 e. The summed E-state index contributed by atoms with van der Waals surface area (Å²) in [5.74, 6) is -0.169. The highest BCUT2D eigenvalue weighted by Crippen LogP contribution is 2.43. The number of phosphoric ester groups is 1. The molecule has 62 heavy (non-hydrogen) atoms. The van der Waals surface area contributed by atoms with Gasteiger partial charge in [0.1, 0.15) is 13.2 Å². The highest BCUT2D eigenvalue weighted by Gasteiger charge is 2.28. The molecule has 0 spiro atoms. The van der Waals surface area contributed by atoms with Crippen LogP contribution in [0.3, 0.4) is 0 Å². The van der Waals surface area contributed by atoms with E-state index >= 15 is 0 Å². The lowest BCUT2D eigenvalue weighted by molar-refractivity contribution is -0.870. The van der Waals surface area contributed by atoms with Crippen LogP contribution in [0.4, 0.5) is 0 Å². The van der Waals surface area contributed by atoms with Gasteiger partial charge in [-0.3, -0.25) is 13.8 Å². The second kappa shape index (κ2) is 43.4. The lowest BCUT2D eigenvalue weighted by Gasteiger charge is -2.26. The van der Waals surface area contributed by atoms with Gasteiger partial charge in [-0.05, 0) is 83.5 Å². The second-order valence-electron chi connectivity index (χ2n) is 17.1. The van der Waals surface area contributed by atoms with Crippen LogP contribution in [0.15, 0.2) is 109 Å². The molecule has 0 saturated heterocycles. The molecule has 9 heteroatoms. The summed E-state index contributed by atoms with van der Waals surface area (Å²) in [6.45, 7) is 4.64. The first kappa shape index (κ1) is 59.2. The van der Waals surface area contributed by atoms with Crippen LogP contribution in [0.2, 0.25) is 0 Å². The Labute approximate surface area is 381 Å². The molecule has 0 fully saturated rings. The van der Waals surface area contributed by atoms with Gasteiger partial charge in [-0.25, -0.2) is 4.57 Å². The zero-order chi connectivity index (χ0) is 45.7. The highest BCUT2D eigenvalue weighted by molar-refractivity contribution is 7.47. The summed E-state index contributed by atoms with van der Waals surface area (Å²) in [5.41, 5.74) is 0. The molecule has 0 heterocycles. The number of hydrogen-bond donors (Lipinski definition) is 3. The first-order chi connectivity index (χ1) is 30.0. The molecule has 3 N–H and O–H groups in total. The van der Waals surface area contributed by atoms with Gasteiger partial charge in [0.2, 0.25) is 5.91 Å². The van der Waals surface area contributed by atoms with Crippen LogP contribution in [0.25, 0.3) is 0 Å². The molecule has 0 bridgehead atoms. The molecule has 0 rings (SSSR count). The van der Waals surface area contributed by atoms with Crippen molar-refractivity contribution in [3.05, 3.63) is 109 Å². The van der Waals surface area contributed by atoms with E-state index in [0.29, 0.717) is 23.9 Å². The molecule has 8 nitrogen and oxygen atoms in total. The Kier molecular flexibility index (Phi) is 41.4. The van der Waals surface area contributed by atoms with Gasteiger partial charge in [0.15, 0.2) is 0 Å². The SMILES string of the molecule is CC/C=C\C/C=C\C/C=C\C/C=C\C/C=C\C/C=C\C/C=C\C/C=C\C/C=C\CCCCCCCCCC(=O)NC(COP(=O)(O)OCC[N+](C)(C)C)C(O)CCCCCCC. The van der Waals surface area contributed by atoms with E-state index in [0.717, 1.165) is 122 Å². The zero-order valence-electron chi connectivity index (χ0n) is 40.1. The Morgan fingerprint density at radius 1 is 0.565 bits per heavy atom. The molecule has 0 aliphatic heterocycles. The first-order valence-electron chi connectivity index (χ1n) is 24.3. The summed E-state index contributed by atoms with van der Waals surface area (Å²) in [6, 6.07) is -0.770. The number of aliphatic hydroxyl groups is 1. The molecule has 0 aliphatic carbocycles. The molecule has 0 aliphatic rings. The zero-order valence-corrected chi connectivity index (χ0v) is 41.0. The monoisotopic (exact) mass is 884 g/mol. The minimum Gasteiger partial charge on any atom is -0.391 e. The van der Waals surface area contributed by atoms with Crippen LogP contribution in [0.5, 0.6) is 0 Å². The van der Waals surface area contributed by atoms with Crippen LogP contribution in [0.1, 0.15) is 168 Å². The number of amides is 1. The molecule has 0 saturated carbocycles. The van der Waals surface area contributed by atoms with Crippen molar-refractivity contribution in [3.8, 4) is 0 Å². The van der Waals surface area contributed by atoms with Crippen LogP contribution < -0.4 is 5.32 Å². The molecule has 3 unspecified atom stereocenters. The van der Waals surface area contributed by atoms with Crippen molar-refractivity contribution in [2.75, 3.05) is 40.9 Å². The number of hydrogen-bond acceptors (Lipinski definition) is 5. The van der Waals surface area contributed by atoms with Crippen molar-refractivity contribution in [2.45, 2.75) is 180 Å². The summed E-state index contributed by atoms with van der Waals surface area (Å²) in [5, 5.41) is 13.7. The Morgan fingerprint density at radius 3 is 1.42 bits per heavy atom. The van der Waals surface area contributed by atoms with Crippen molar-refractivity contribution in [3.63, 3.8) is 0 Å². The number of carbonyl (C=O) groups excluding carboxylic acids is 1. The van der Waals surface area contributed by atoms with Gasteiger partial charge in [0, 0.05) is 6.42 Å². The van der Waals surface area contributed by atoms with Crippen molar-refractivity contribution in [1.29, 1.82) is 0 Å². The molecular formula is C53H92N2O6P+. The quantitative estimate of drug-likeness (QED) is 0.0244. The number of unbranched alkanes of at least 4 members (excludes halogenated alkanes) is 11. The number of carbonyl (C=O) groups is 1. The first-order valence-corrected chi connectivity index (χ1v) is 25.7. The van der Waals surface area contributed by atoms with E-state index in [4.69, 9.17) is 9.05 Å². The summed E-state index contributed by atoms with van der Waals surface area (Å²) >= 11 is 0. The van der Waals surface area contributed by atoms with Gasteiger partial charge in [0.05, 0.1) is 39.9 Å². The summed E-state index contributed by atoms with van der Waals surface area (Å²) in [7, 11) is 1.58. The molecule has 0 radical (unpaired) electrons. The van der Waals surface area contributed by atoms with Crippen LogP contribution in [-0.2, 0) is 18.4 Å². The summed E-state index contributed by atoms with van der Waals surface area (Å²) in [4.78, 5) is 23.0. The number of quaternary nitrogens is 1. The fraction of sp³-hybridized carbons (Fsp3) is 0.642. The molecule has 0 aromatic carbocycles. The van der Waals surface area contributed by atoms with Gasteiger partial charge in [0.25, 0.3) is 0 Å². The molecular weight excluding hydrogens is 792 g/mol. The van der Waals surface area contributed by atoms with Gasteiger partial charge in [-0.1, -0.05) is 187 Å². The van der Waals surface area contributed by atoms with E-state index < -0.39 is 20.0 Å². The minimum absolute atomic E-state index is 0.0654. The maximum Gasteiger partial charge on any atom is 0.472 e. The summed E-state index contributed by atoms with van der Waals surface area (Å²) in [6.07, 6.45) is 63.2. The normalized spacial score (nSPS) is 15.1. The number of rotatable bonds is 42. The average molecular weight is 884 g/mol. The molecule has 0 aromatic heterocycles. The lowest BCUT2D eigenvalue weighted by atomic mass is 10.0. The smallest absolute Gasteiger partial charge is 0.391 e. The fourth-order valence-electron chi connectivity index (χ4n) is 6.21. The fourth-order valence-corrected chi connectivity index (χ4v) is 6.95. The van der Waals surface area contributed by atoms with Crippen LogP contribution in [0, 0.1) is 0 Å². The van der Waals surface area contributed by atoms with Crippen LogP contribution in [-0.4, -0.2) is 73.4 Å². The minimum atomic E-state index is -4.31. The number of nitrogens with zero attached hydrogens (tertiary/aromatic N) is 1. The molecule has 3 atom stereocenters. The third-order valence-electron chi connectivity index (χ3n) is 10.0. The van der Waals surface area contributed by atoms with E-state index in [-0.39, 0.29) is 19.1 Å². The Hall–Kier alpha value is -2.84. The van der Waals surface area contributed by atoms with Crippen molar-refractivity contribution >= 4 is 13.7 Å². The average Bonchev–Trinajstić information content (AvgIpc) is 3.23. The van der Waals surface area contributed by atoms with Crippen LogP contribution >= 0.6 is 7.82 Å². The maximum absolute atomic E-state index is 12.8. The van der Waals surface area contributed by atoms with Gasteiger partial charge in [-0.15, -0.1) is 0 Å². The number of allylic oxidation sites excluding steroid dienone is 18. The Balaban J connectivity index is 4.01. The Bertz CT molecular complexity index is 1370. The van der Waals surface area contributed by atoms with E-state index in [1.165, 1.54) is 19.3 Å². The van der Waals surface area contributed by atoms with Crippen molar-refractivity contribution in [2.24, 2.45) is 0 Å². The van der Waals surface area contributed by atoms with Gasteiger partial charge in [-0.2, -0.15) is 0 Å². The predicted octanol–water partition coefficient (Wildman–Crippen LogP) is 14.1.